The van der Waals surface area contributed by atoms with Gasteiger partial charge in [0.2, 0.25) is 0 Å². The van der Waals surface area contributed by atoms with Gasteiger partial charge in [-0.05, 0) is 33.1 Å². The van der Waals surface area contributed by atoms with Crippen molar-refractivity contribution in [3.8, 4) is 0 Å². The van der Waals surface area contributed by atoms with Crippen LogP contribution in [0.3, 0.4) is 0 Å². The van der Waals surface area contributed by atoms with Gasteiger partial charge in [0.1, 0.15) is 5.76 Å². The Kier molecular flexibility index (Phi) is 5.74. The molecule has 6 nitrogen and oxygen atoms in total. The molecule has 1 saturated carbocycles. The number of carbonyl (C=O) groups excluding carboxylic acids is 2. The lowest BCUT2D eigenvalue weighted by Gasteiger charge is -2.31. The van der Waals surface area contributed by atoms with Gasteiger partial charge in [-0.15, -0.1) is 0 Å². The number of nitrogens with zero attached hydrogens (tertiary/aromatic N) is 2. The molecule has 1 fully saturated rings. The number of carbonyl (C=O) groups is 2. The summed E-state index contributed by atoms with van der Waals surface area (Å²) in [5.74, 6) is -2.56. The van der Waals surface area contributed by atoms with Crippen molar-refractivity contribution in [3.63, 3.8) is 0 Å². The first kappa shape index (κ1) is 19.3. The molecule has 0 bridgehead atoms. The fourth-order valence-corrected chi connectivity index (χ4v) is 3.08. The van der Waals surface area contributed by atoms with Crippen molar-refractivity contribution in [1.82, 2.24) is 15.4 Å². The number of alkyl halides is 3. The minimum absolute atomic E-state index is 0.0652. The molecule has 0 aromatic carbocycles. The lowest BCUT2D eigenvalue weighted by atomic mass is 9.85. The fourth-order valence-electron chi connectivity index (χ4n) is 3.08. The second kappa shape index (κ2) is 7.45. The third kappa shape index (κ3) is 4.73. The fraction of sp³-hybridized carbons (Fsp3) is 0.688. The molecule has 1 aliphatic rings. The van der Waals surface area contributed by atoms with E-state index in [1.165, 1.54) is 11.9 Å². The minimum Gasteiger partial charge on any atom is -0.361 e. The molecule has 0 unspecified atom stereocenters. The van der Waals surface area contributed by atoms with Crippen molar-refractivity contribution in [1.29, 1.82) is 0 Å². The largest absolute Gasteiger partial charge is 0.391 e. The third-order valence-corrected chi connectivity index (χ3v) is 4.59. The van der Waals surface area contributed by atoms with E-state index in [1.807, 2.05) is 0 Å². The number of amides is 2. The number of halogens is 3. The van der Waals surface area contributed by atoms with E-state index < -0.39 is 30.0 Å². The molecular formula is C16H22F3N3O3. The van der Waals surface area contributed by atoms with Crippen LogP contribution < -0.4 is 5.32 Å². The SMILES string of the molecule is Cc1noc(C)c1CN(C)C(=O)C(=O)N[C@@H]1CCC[C@@H](C(F)(F)F)C1. The third-order valence-electron chi connectivity index (χ3n) is 4.59. The minimum atomic E-state index is -4.27. The molecule has 2 atom stereocenters. The summed E-state index contributed by atoms with van der Waals surface area (Å²) < 4.78 is 43.5. The molecule has 1 heterocycles. The van der Waals surface area contributed by atoms with E-state index in [9.17, 15) is 22.8 Å². The highest BCUT2D eigenvalue weighted by atomic mass is 19.4. The molecule has 0 saturated heterocycles. The van der Waals surface area contributed by atoms with Gasteiger partial charge < -0.3 is 14.7 Å². The van der Waals surface area contributed by atoms with Gasteiger partial charge in [-0.3, -0.25) is 9.59 Å². The highest BCUT2D eigenvalue weighted by molar-refractivity contribution is 6.34. The summed E-state index contributed by atoms with van der Waals surface area (Å²) in [6, 6.07) is -0.635. The lowest BCUT2D eigenvalue weighted by Crippen LogP contribution is -2.47. The van der Waals surface area contributed by atoms with Crippen molar-refractivity contribution in [2.24, 2.45) is 5.92 Å². The highest BCUT2D eigenvalue weighted by Gasteiger charge is 2.42. The van der Waals surface area contributed by atoms with Crippen LogP contribution in [0.25, 0.3) is 0 Å². The monoisotopic (exact) mass is 361 g/mol. The van der Waals surface area contributed by atoms with Crippen LogP contribution in [0.1, 0.15) is 42.7 Å². The van der Waals surface area contributed by atoms with Gasteiger partial charge in [0.05, 0.1) is 18.2 Å². The van der Waals surface area contributed by atoms with Gasteiger partial charge in [0, 0.05) is 18.7 Å². The molecule has 1 aromatic rings. The van der Waals surface area contributed by atoms with Crippen molar-refractivity contribution in [3.05, 3.63) is 17.0 Å². The molecule has 25 heavy (non-hydrogen) atoms. The van der Waals surface area contributed by atoms with Gasteiger partial charge in [-0.1, -0.05) is 11.6 Å². The van der Waals surface area contributed by atoms with Gasteiger partial charge in [0.15, 0.2) is 0 Å². The summed E-state index contributed by atoms with van der Waals surface area (Å²) in [6.45, 7) is 3.57. The second-order valence-corrected chi connectivity index (χ2v) is 6.54. The van der Waals surface area contributed by atoms with Crippen molar-refractivity contribution < 1.29 is 27.3 Å². The van der Waals surface area contributed by atoms with E-state index in [1.54, 1.807) is 13.8 Å². The average Bonchev–Trinajstić information content (AvgIpc) is 2.85. The van der Waals surface area contributed by atoms with Gasteiger partial charge >= 0.3 is 18.0 Å². The molecule has 1 N–H and O–H groups in total. The number of hydrogen-bond acceptors (Lipinski definition) is 4. The number of rotatable bonds is 3. The summed E-state index contributed by atoms with van der Waals surface area (Å²) in [5.41, 5.74) is 1.33. The van der Waals surface area contributed by atoms with E-state index in [0.717, 1.165) is 0 Å². The Morgan fingerprint density at radius 2 is 2.00 bits per heavy atom. The quantitative estimate of drug-likeness (QED) is 0.840. The summed E-state index contributed by atoms with van der Waals surface area (Å²) in [4.78, 5) is 25.5. The molecule has 140 valence electrons. The summed E-state index contributed by atoms with van der Waals surface area (Å²) >= 11 is 0. The van der Waals surface area contributed by atoms with Crippen LogP contribution in [0.2, 0.25) is 0 Å². The van der Waals surface area contributed by atoms with E-state index in [2.05, 4.69) is 10.5 Å². The normalized spacial score (nSPS) is 21.0. The van der Waals surface area contributed by atoms with E-state index in [-0.39, 0.29) is 19.4 Å². The summed E-state index contributed by atoms with van der Waals surface area (Å²) in [5, 5.41) is 6.22. The zero-order valence-electron chi connectivity index (χ0n) is 14.4. The maximum absolute atomic E-state index is 12.8. The Morgan fingerprint density at radius 3 is 2.56 bits per heavy atom. The molecule has 1 aliphatic carbocycles. The topological polar surface area (TPSA) is 75.4 Å². The van der Waals surface area contributed by atoms with E-state index in [0.29, 0.717) is 29.9 Å². The zero-order chi connectivity index (χ0) is 18.8. The van der Waals surface area contributed by atoms with Crippen LogP contribution in [0.5, 0.6) is 0 Å². The van der Waals surface area contributed by atoms with Crippen molar-refractivity contribution in [2.75, 3.05) is 7.05 Å². The van der Waals surface area contributed by atoms with Crippen molar-refractivity contribution in [2.45, 2.75) is 58.3 Å². The van der Waals surface area contributed by atoms with Gasteiger partial charge in [-0.25, -0.2) is 0 Å². The van der Waals surface area contributed by atoms with Crippen molar-refractivity contribution >= 4 is 11.8 Å². The number of likely N-dealkylation sites (N-methyl/N-ethyl adjacent to an activating group) is 1. The second-order valence-electron chi connectivity index (χ2n) is 6.54. The van der Waals surface area contributed by atoms with Crippen LogP contribution in [0.4, 0.5) is 13.2 Å². The Bertz CT molecular complexity index is 623. The molecule has 2 amide bonds. The summed E-state index contributed by atoms with van der Waals surface area (Å²) in [6.07, 6.45) is -3.57. The Balaban J connectivity index is 1.92. The average molecular weight is 361 g/mol. The van der Waals surface area contributed by atoms with Gasteiger partial charge in [-0.2, -0.15) is 13.2 Å². The first-order valence-electron chi connectivity index (χ1n) is 8.14. The number of hydrogen-bond donors (Lipinski definition) is 1. The molecule has 0 aliphatic heterocycles. The zero-order valence-corrected chi connectivity index (χ0v) is 14.4. The number of aryl methyl sites for hydroxylation is 2. The predicted molar refractivity (Wildman–Crippen MR) is 82.4 cm³/mol. The van der Waals surface area contributed by atoms with E-state index >= 15 is 0 Å². The number of aromatic nitrogens is 1. The first-order valence-corrected chi connectivity index (χ1v) is 8.14. The Labute approximate surface area is 143 Å². The van der Waals surface area contributed by atoms with Crippen LogP contribution in [-0.4, -0.2) is 41.1 Å². The Hall–Kier alpha value is -2.06. The number of nitrogens with one attached hydrogen (secondary N) is 1. The first-order chi connectivity index (χ1) is 11.6. The van der Waals surface area contributed by atoms with Gasteiger partial charge in [0.25, 0.3) is 0 Å². The lowest BCUT2D eigenvalue weighted by molar-refractivity contribution is -0.184. The standard InChI is InChI=1S/C16H22F3N3O3/c1-9-13(10(2)25-21-9)8-22(3)15(24)14(23)20-12-6-4-5-11(7-12)16(17,18)19/h11-12H,4-8H2,1-3H3,(H,20,23)/t11-,12-/m1/s1. The van der Waals surface area contributed by atoms with Crippen LogP contribution >= 0.6 is 0 Å². The van der Waals surface area contributed by atoms with Crippen LogP contribution in [0, 0.1) is 19.8 Å². The highest BCUT2D eigenvalue weighted by Crippen LogP contribution is 2.37. The smallest absolute Gasteiger partial charge is 0.361 e. The maximum atomic E-state index is 12.8. The molecule has 0 spiro atoms. The van der Waals surface area contributed by atoms with E-state index in [4.69, 9.17) is 4.52 Å². The molecule has 2 rings (SSSR count). The summed E-state index contributed by atoms with van der Waals surface area (Å²) in [7, 11) is 1.45. The molecule has 0 radical (unpaired) electrons. The predicted octanol–water partition coefficient (Wildman–Crippen LogP) is 2.49. The van der Waals surface area contributed by atoms with Crippen LogP contribution in [-0.2, 0) is 16.1 Å². The molecular weight excluding hydrogens is 339 g/mol. The Morgan fingerprint density at radius 1 is 1.32 bits per heavy atom. The van der Waals surface area contributed by atoms with Crippen LogP contribution in [0.15, 0.2) is 4.52 Å². The maximum Gasteiger partial charge on any atom is 0.391 e. The molecule has 1 aromatic heterocycles. The molecule has 9 heteroatoms.